The molecule has 148 valence electrons. The lowest BCUT2D eigenvalue weighted by Crippen LogP contribution is -2.13. The van der Waals surface area contributed by atoms with Crippen LogP contribution < -0.4 is 4.74 Å². The highest BCUT2D eigenvalue weighted by atomic mass is 35.5. The van der Waals surface area contributed by atoms with Crippen LogP contribution in [0.25, 0.3) is 0 Å². The van der Waals surface area contributed by atoms with Gasteiger partial charge in [-0.05, 0) is 36.1 Å². The second-order valence-corrected chi connectivity index (χ2v) is 7.01. The zero-order valence-electron chi connectivity index (χ0n) is 14.5. The van der Waals surface area contributed by atoms with Gasteiger partial charge in [0.2, 0.25) is 5.16 Å². The molecule has 0 N–H and O–H groups in total. The fourth-order valence-electron chi connectivity index (χ4n) is 2.13. The van der Waals surface area contributed by atoms with E-state index in [1.807, 2.05) is 0 Å². The van der Waals surface area contributed by atoms with Crippen LogP contribution in [-0.4, -0.2) is 26.8 Å². The summed E-state index contributed by atoms with van der Waals surface area (Å²) in [5.41, 5.74) is 0. The fourth-order valence-corrected chi connectivity index (χ4v) is 2.93. The predicted molar refractivity (Wildman–Crippen MR) is 98.9 cm³/mol. The summed E-state index contributed by atoms with van der Waals surface area (Å²) in [7, 11) is 0. The van der Waals surface area contributed by atoms with Crippen LogP contribution in [0, 0.1) is 0 Å². The molecule has 0 aliphatic heterocycles. The highest BCUT2D eigenvalue weighted by molar-refractivity contribution is 7.99. The van der Waals surface area contributed by atoms with Crippen molar-refractivity contribution in [3.05, 3.63) is 58.8 Å². The average molecular weight is 431 g/mol. The Hall–Kier alpha value is -2.46. The Balaban J connectivity index is 1.72. The number of hydrogen-bond acceptors (Lipinski definition) is 6. The van der Waals surface area contributed by atoms with Crippen LogP contribution in [0.4, 0.5) is 13.2 Å². The number of benzene rings is 1. The summed E-state index contributed by atoms with van der Waals surface area (Å²) in [5.74, 6) is 0.635. The second-order valence-electron chi connectivity index (χ2n) is 5.34. The van der Waals surface area contributed by atoms with E-state index in [0.717, 1.165) is 11.8 Å². The largest absolute Gasteiger partial charge is 0.486 e. The van der Waals surface area contributed by atoms with E-state index in [1.54, 1.807) is 43.3 Å². The van der Waals surface area contributed by atoms with Crippen molar-refractivity contribution in [2.75, 3.05) is 5.75 Å². The van der Waals surface area contributed by atoms with E-state index >= 15 is 0 Å². The maximum Gasteiger partial charge on any atom is 0.453 e. The highest BCUT2D eigenvalue weighted by Gasteiger charge is 2.38. The molecule has 0 unspecified atom stereocenters. The molecular formula is C17H14ClF3N4O2S. The van der Waals surface area contributed by atoms with E-state index in [4.69, 9.17) is 20.8 Å². The minimum absolute atomic E-state index is 0.0437. The molecule has 0 fully saturated rings. The molecule has 0 bridgehead atoms. The van der Waals surface area contributed by atoms with Gasteiger partial charge in [-0.2, -0.15) is 22.9 Å². The summed E-state index contributed by atoms with van der Waals surface area (Å²) in [6, 6.07) is 10.1. The molecule has 11 heteroatoms. The highest BCUT2D eigenvalue weighted by Crippen LogP contribution is 2.30. The lowest BCUT2D eigenvalue weighted by molar-refractivity contribution is -0.147. The monoisotopic (exact) mass is 430 g/mol. The number of halogens is 4. The van der Waals surface area contributed by atoms with Crippen molar-refractivity contribution >= 4 is 29.6 Å². The maximum absolute atomic E-state index is 13.1. The predicted octanol–water partition coefficient (Wildman–Crippen LogP) is 5.12. The Bertz CT molecular complexity index is 971. The van der Waals surface area contributed by atoms with Crippen molar-refractivity contribution in [3.8, 4) is 5.75 Å². The van der Waals surface area contributed by atoms with Crippen molar-refractivity contribution in [1.82, 2.24) is 14.9 Å². The molecule has 0 saturated heterocycles. The molecule has 28 heavy (non-hydrogen) atoms. The van der Waals surface area contributed by atoms with Crippen molar-refractivity contribution in [2.45, 2.75) is 24.9 Å². The summed E-state index contributed by atoms with van der Waals surface area (Å²) in [5, 5.41) is 11.2. The Morgan fingerprint density at radius 1 is 1.29 bits per heavy atom. The van der Waals surface area contributed by atoms with E-state index in [9.17, 15) is 13.2 Å². The molecule has 2 heterocycles. The first kappa shape index (κ1) is 20.3. The van der Waals surface area contributed by atoms with E-state index in [0.29, 0.717) is 27.0 Å². The Kier molecular flexibility index (Phi) is 6.30. The Morgan fingerprint density at radius 2 is 2.11 bits per heavy atom. The van der Waals surface area contributed by atoms with E-state index in [2.05, 4.69) is 15.3 Å². The molecule has 2 aromatic heterocycles. The minimum atomic E-state index is -4.67. The number of thioether (sulfide) groups is 1. The lowest BCUT2D eigenvalue weighted by atomic mass is 10.3. The molecule has 0 saturated carbocycles. The molecule has 0 atom stereocenters. The van der Waals surface area contributed by atoms with E-state index in [-0.39, 0.29) is 17.5 Å². The van der Waals surface area contributed by atoms with Crippen molar-refractivity contribution in [3.63, 3.8) is 0 Å². The zero-order valence-corrected chi connectivity index (χ0v) is 16.1. The fraction of sp³-hybridized carbons (Fsp3) is 0.235. The lowest BCUT2D eigenvalue weighted by Gasteiger charge is -2.05. The molecule has 0 aliphatic carbocycles. The molecule has 3 aromatic rings. The van der Waals surface area contributed by atoms with Crippen LogP contribution in [0.15, 0.2) is 51.1 Å². The number of furan rings is 1. The molecule has 6 nitrogen and oxygen atoms in total. The maximum atomic E-state index is 13.1. The SMILES string of the molecule is CCSc1nnc(C(F)(F)F)n1/N=C\c1ccc(COc2cccc(Cl)c2)o1. The summed E-state index contributed by atoms with van der Waals surface area (Å²) < 4.78 is 50.9. The van der Waals surface area contributed by atoms with Crippen LogP contribution in [0.1, 0.15) is 24.3 Å². The van der Waals surface area contributed by atoms with Gasteiger partial charge in [-0.1, -0.05) is 36.4 Å². The van der Waals surface area contributed by atoms with Gasteiger partial charge in [0.05, 0.1) is 6.21 Å². The van der Waals surface area contributed by atoms with E-state index < -0.39 is 12.0 Å². The third kappa shape index (κ3) is 5.08. The van der Waals surface area contributed by atoms with Crippen molar-refractivity contribution < 1.29 is 22.3 Å². The first-order valence-corrected chi connectivity index (χ1v) is 9.40. The van der Waals surface area contributed by atoms with Gasteiger partial charge in [0.15, 0.2) is 0 Å². The number of aromatic nitrogens is 3. The van der Waals surface area contributed by atoms with Crippen LogP contribution in [0.5, 0.6) is 5.75 Å². The molecule has 3 rings (SSSR count). The number of nitrogens with zero attached hydrogens (tertiary/aromatic N) is 4. The Labute approximate surface area is 167 Å². The third-order valence-electron chi connectivity index (χ3n) is 3.30. The normalized spacial score (nSPS) is 12.0. The standard InChI is InChI=1S/C17H14ClF3N4O2S/c1-2-28-16-24-23-15(17(19,20)21)25(16)22-9-13-6-7-14(27-13)10-26-12-5-3-4-11(18)8-12/h3-9H,2,10H2,1H3/b22-9-. The topological polar surface area (TPSA) is 65.4 Å². The second kappa shape index (κ2) is 8.70. The smallest absolute Gasteiger partial charge is 0.453 e. The van der Waals surface area contributed by atoms with Gasteiger partial charge < -0.3 is 9.15 Å². The van der Waals surface area contributed by atoms with Crippen LogP contribution in [0.3, 0.4) is 0 Å². The molecule has 0 radical (unpaired) electrons. The number of ether oxygens (including phenoxy) is 1. The molecular weight excluding hydrogens is 417 g/mol. The summed E-state index contributed by atoms with van der Waals surface area (Å²) in [4.78, 5) is 0. The first-order valence-electron chi connectivity index (χ1n) is 8.03. The van der Waals surface area contributed by atoms with Gasteiger partial charge in [-0.15, -0.1) is 10.2 Å². The van der Waals surface area contributed by atoms with Crippen LogP contribution >= 0.6 is 23.4 Å². The summed E-state index contributed by atoms with van der Waals surface area (Å²) in [6.45, 7) is 1.92. The molecule has 0 amide bonds. The van der Waals surface area contributed by atoms with Crippen LogP contribution in [-0.2, 0) is 12.8 Å². The van der Waals surface area contributed by atoms with Crippen molar-refractivity contribution in [1.29, 1.82) is 0 Å². The van der Waals surface area contributed by atoms with Gasteiger partial charge in [-0.3, -0.25) is 0 Å². The van der Waals surface area contributed by atoms with Crippen LogP contribution in [0.2, 0.25) is 5.02 Å². The number of alkyl halides is 3. The number of rotatable bonds is 7. The quantitative estimate of drug-likeness (QED) is 0.384. The third-order valence-corrected chi connectivity index (χ3v) is 4.34. The van der Waals surface area contributed by atoms with Gasteiger partial charge in [-0.25, -0.2) is 0 Å². The first-order chi connectivity index (χ1) is 13.4. The molecule has 0 aliphatic rings. The van der Waals surface area contributed by atoms with Gasteiger partial charge in [0, 0.05) is 5.02 Å². The minimum Gasteiger partial charge on any atom is -0.486 e. The zero-order chi connectivity index (χ0) is 20.1. The van der Waals surface area contributed by atoms with Gasteiger partial charge >= 0.3 is 6.18 Å². The van der Waals surface area contributed by atoms with Gasteiger partial charge in [0.1, 0.15) is 23.9 Å². The summed E-state index contributed by atoms with van der Waals surface area (Å²) >= 11 is 6.99. The summed E-state index contributed by atoms with van der Waals surface area (Å²) in [6.07, 6.45) is -3.50. The number of hydrogen-bond donors (Lipinski definition) is 0. The Morgan fingerprint density at radius 3 is 2.82 bits per heavy atom. The molecule has 0 spiro atoms. The van der Waals surface area contributed by atoms with E-state index in [1.165, 1.54) is 6.21 Å². The average Bonchev–Trinajstić information content (AvgIpc) is 3.25. The van der Waals surface area contributed by atoms with Crippen molar-refractivity contribution in [2.24, 2.45) is 5.10 Å². The van der Waals surface area contributed by atoms with Gasteiger partial charge in [0.25, 0.3) is 5.82 Å². The molecule has 1 aromatic carbocycles.